The highest BCUT2D eigenvalue weighted by atomic mass is 16.5. The molecule has 0 amide bonds. The molecule has 0 heterocycles. The van der Waals surface area contributed by atoms with E-state index < -0.39 is 5.41 Å². The van der Waals surface area contributed by atoms with Crippen LogP contribution in [-0.2, 0) is 19.6 Å². The molecule has 0 fully saturated rings. The van der Waals surface area contributed by atoms with Gasteiger partial charge in [0.05, 0.1) is 0 Å². The van der Waals surface area contributed by atoms with Crippen molar-refractivity contribution in [2.75, 3.05) is 61.0 Å². The topological polar surface area (TPSA) is 169 Å². The van der Waals surface area contributed by atoms with E-state index in [1.165, 1.54) is 0 Å². The predicted octanol–water partition coefficient (Wildman–Crippen LogP) is 12.0. The minimum atomic E-state index is -0.755. The third-order valence-corrected chi connectivity index (χ3v) is 9.64. The van der Waals surface area contributed by atoms with Crippen molar-refractivity contribution in [1.82, 2.24) is 0 Å². The average molecular weight is 911 g/mol. The van der Waals surface area contributed by atoms with Crippen molar-refractivity contribution in [3.8, 4) is 56.4 Å². The summed E-state index contributed by atoms with van der Waals surface area (Å²) in [4.78, 5) is 0. The molecule has 7 N–H and O–H groups in total. The van der Waals surface area contributed by atoms with Crippen LogP contribution in [0.15, 0.2) is 140 Å². The van der Waals surface area contributed by atoms with Crippen LogP contribution >= 0.6 is 0 Å². The number of aromatic hydroxyl groups is 4. The first-order valence-electron chi connectivity index (χ1n) is 22.5. The number of rotatable bonds is 12. The lowest BCUT2D eigenvalue weighted by atomic mass is 9.70. The summed E-state index contributed by atoms with van der Waals surface area (Å²) < 4.78 is 13.6. The monoisotopic (exact) mass is 911 g/mol. The lowest BCUT2D eigenvalue weighted by Crippen LogP contribution is -2.25. The van der Waals surface area contributed by atoms with Crippen molar-refractivity contribution >= 4 is 0 Å². The Morgan fingerprint density at radius 1 is 0.364 bits per heavy atom. The molecule has 0 aromatic heterocycles. The number of aliphatic hydroxyl groups excluding tert-OH is 3. The van der Waals surface area contributed by atoms with Gasteiger partial charge in [0.1, 0.15) is 23.0 Å². The van der Waals surface area contributed by atoms with Gasteiger partial charge in [-0.2, -0.15) is 0 Å². The molecule has 0 spiro atoms. The second kappa shape index (κ2) is 36.5. The third-order valence-electron chi connectivity index (χ3n) is 9.64. The molecule has 6 aromatic rings. The third kappa shape index (κ3) is 20.6. The van der Waals surface area contributed by atoms with Crippen molar-refractivity contribution in [2.24, 2.45) is 0 Å². The molecule has 0 atom stereocenters. The first-order valence-corrected chi connectivity index (χ1v) is 22.5. The Morgan fingerprint density at radius 3 is 0.939 bits per heavy atom. The van der Waals surface area contributed by atoms with Gasteiger partial charge in [0.2, 0.25) is 0 Å². The minimum Gasteiger partial charge on any atom is -0.507 e. The van der Waals surface area contributed by atoms with Gasteiger partial charge in [0.25, 0.3) is 0 Å². The summed E-state index contributed by atoms with van der Waals surface area (Å²) >= 11 is 0. The molecule has 6 rings (SSSR count). The Kier molecular flexibility index (Phi) is 33.3. The van der Waals surface area contributed by atoms with Gasteiger partial charge in [-0.25, -0.2) is 0 Å². The van der Waals surface area contributed by atoms with E-state index in [0.29, 0.717) is 42.1 Å². The van der Waals surface area contributed by atoms with E-state index in [1.54, 1.807) is 69.9 Å². The van der Waals surface area contributed by atoms with Crippen molar-refractivity contribution in [1.29, 1.82) is 0 Å². The number of phenols is 4. The summed E-state index contributed by atoms with van der Waals surface area (Å²) in [5.74, 6) is 0.265. The van der Waals surface area contributed by atoms with Gasteiger partial charge in [-0.3, -0.25) is 0 Å². The highest BCUT2D eigenvalue weighted by Gasteiger charge is 2.33. The molecule has 0 aliphatic carbocycles. The first kappa shape index (κ1) is 60.3. The second-order valence-corrected chi connectivity index (χ2v) is 14.5. The molecule has 0 bridgehead atoms. The molecule has 0 unspecified atom stereocenters. The van der Waals surface area contributed by atoms with Crippen LogP contribution in [0.4, 0.5) is 0 Å². The summed E-state index contributed by atoms with van der Waals surface area (Å²) in [6.07, 6.45) is 2.62. The normalized spacial score (nSPS) is 9.95. The Hall–Kier alpha value is -5.72. The van der Waals surface area contributed by atoms with Crippen LogP contribution < -0.4 is 0 Å². The number of benzene rings is 6. The average Bonchev–Trinajstić information content (AvgIpc) is 3.37. The van der Waals surface area contributed by atoms with E-state index in [9.17, 15) is 20.4 Å². The van der Waals surface area contributed by atoms with Crippen LogP contribution in [0.1, 0.15) is 84.4 Å². The molecule has 362 valence electrons. The number of hydrogen-bond acceptors (Lipinski definition) is 10. The van der Waals surface area contributed by atoms with Crippen molar-refractivity contribution in [2.45, 2.75) is 73.1 Å². The molecule has 0 saturated carbocycles. The molecule has 10 heteroatoms. The van der Waals surface area contributed by atoms with Gasteiger partial charge in [0.15, 0.2) is 0 Å². The molecule has 0 aliphatic rings. The summed E-state index contributed by atoms with van der Waals surface area (Å²) in [6, 6.07) is 43.3. The van der Waals surface area contributed by atoms with E-state index in [0.717, 1.165) is 66.9 Å². The maximum absolute atomic E-state index is 10.9. The number of methoxy groups -OCH3 is 3. The van der Waals surface area contributed by atoms with Crippen LogP contribution in [0.3, 0.4) is 0 Å². The number of hydrogen-bond donors (Lipinski definition) is 7. The molecular formula is C56H78O10. The molecule has 0 saturated heterocycles. The predicted molar refractivity (Wildman–Crippen MR) is 273 cm³/mol. The van der Waals surface area contributed by atoms with Crippen LogP contribution in [0.25, 0.3) is 33.4 Å². The van der Waals surface area contributed by atoms with Crippen molar-refractivity contribution in [3.05, 3.63) is 156 Å². The van der Waals surface area contributed by atoms with Gasteiger partial charge in [0, 0.05) is 88.6 Å². The smallest absolute Gasteiger partial charge is 0.123 e. The Labute approximate surface area is 395 Å². The molecule has 6 aromatic carbocycles. The van der Waals surface area contributed by atoms with Crippen LogP contribution in [0.2, 0.25) is 0 Å². The quantitative estimate of drug-likeness (QED) is 0.0587. The summed E-state index contributed by atoms with van der Waals surface area (Å²) in [6.45, 7) is 17.2. The highest BCUT2D eigenvalue weighted by molar-refractivity contribution is 5.79. The second-order valence-electron chi connectivity index (χ2n) is 14.5. The zero-order valence-corrected chi connectivity index (χ0v) is 41.0. The summed E-state index contributed by atoms with van der Waals surface area (Å²) in [7, 11) is 5.04. The van der Waals surface area contributed by atoms with E-state index >= 15 is 0 Å². The standard InChI is InChI=1S/C38H30O4.6C3H8O/c1-38(27-17-15-26(16-18-27)25-9-3-2-4-10-25,28-19-21-36(41)32(23-28)30-11-5-7-13-34(30)39)29-20-22-37(42)33(24-29)31-12-6-8-14-35(31)40;3*1-3-4-2;3*1-2-3-4/h2-24,39-42H,1H3;3*3H2,1-2H3;3*4H,2-3H2,1H3. The zero-order chi connectivity index (χ0) is 49.8. The number of aliphatic hydroxyl groups is 3. The Balaban J connectivity index is 0.00000146. The van der Waals surface area contributed by atoms with Gasteiger partial charge in [-0.05, 0) is 111 Å². The van der Waals surface area contributed by atoms with E-state index in [2.05, 4.69) is 57.5 Å². The Bertz CT molecular complexity index is 1970. The molecule has 66 heavy (non-hydrogen) atoms. The summed E-state index contributed by atoms with van der Waals surface area (Å²) in [5, 5.41) is 66.6. The minimum absolute atomic E-state index is 0.0580. The molecule has 0 aliphatic heterocycles. The first-order chi connectivity index (χ1) is 31.8. The maximum atomic E-state index is 10.9. The number of phenolic OH excluding ortho intramolecular Hbond substituents is 4. The van der Waals surface area contributed by atoms with Gasteiger partial charge in [-0.15, -0.1) is 0 Å². The van der Waals surface area contributed by atoms with E-state index in [-0.39, 0.29) is 23.0 Å². The lowest BCUT2D eigenvalue weighted by molar-refractivity contribution is 0.215. The van der Waals surface area contributed by atoms with Gasteiger partial charge in [-0.1, -0.05) is 124 Å². The van der Waals surface area contributed by atoms with Crippen LogP contribution in [-0.4, -0.2) is 96.7 Å². The molecule has 0 radical (unpaired) electrons. The largest absolute Gasteiger partial charge is 0.507 e. The number of para-hydroxylation sites is 2. The van der Waals surface area contributed by atoms with E-state index in [1.807, 2.05) is 96.1 Å². The fraction of sp³-hybridized carbons (Fsp3) is 0.357. The fourth-order valence-corrected chi connectivity index (χ4v) is 5.65. The maximum Gasteiger partial charge on any atom is 0.123 e. The summed E-state index contributed by atoms with van der Waals surface area (Å²) in [5.41, 5.74) is 6.26. The molecular weight excluding hydrogens is 833 g/mol. The lowest BCUT2D eigenvalue weighted by Gasteiger charge is -2.33. The zero-order valence-electron chi connectivity index (χ0n) is 41.0. The number of ether oxygens (including phenoxy) is 3. The Morgan fingerprint density at radius 2 is 0.636 bits per heavy atom. The van der Waals surface area contributed by atoms with Gasteiger partial charge >= 0.3 is 0 Å². The fourth-order valence-electron chi connectivity index (χ4n) is 5.65. The van der Waals surface area contributed by atoms with Gasteiger partial charge < -0.3 is 50.0 Å². The van der Waals surface area contributed by atoms with Crippen molar-refractivity contribution < 1.29 is 50.0 Å². The highest BCUT2D eigenvalue weighted by Crippen LogP contribution is 2.46. The van der Waals surface area contributed by atoms with E-state index in [4.69, 9.17) is 15.3 Å². The van der Waals surface area contributed by atoms with Crippen molar-refractivity contribution in [3.63, 3.8) is 0 Å². The SMILES string of the molecule is CC(c1ccc(-c2ccccc2)cc1)(c1ccc(O)c(-c2ccccc2O)c1)c1ccc(O)c(-c2ccccc2O)c1.CCCO.CCCO.CCCO.CCOC.CCOC.CCOC. The van der Waals surface area contributed by atoms with Crippen LogP contribution in [0.5, 0.6) is 23.0 Å². The van der Waals surface area contributed by atoms with Crippen LogP contribution in [0, 0.1) is 0 Å². The molecule has 10 nitrogen and oxygen atoms in total.